The Morgan fingerprint density at radius 3 is 3.19 bits per heavy atom. The fourth-order valence-electron chi connectivity index (χ4n) is 3.18. The van der Waals surface area contributed by atoms with E-state index in [0.717, 1.165) is 12.5 Å². The smallest absolute Gasteiger partial charge is 0.0877 e. The number of piperidine rings is 1. The molecule has 0 bridgehead atoms. The van der Waals surface area contributed by atoms with Gasteiger partial charge in [0, 0.05) is 30.8 Å². The van der Waals surface area contributed by atoms with E-state index in [0.29, 0.717) is 5.92 Å². The van der Waals surface area contributed by atoms with Crippen molar-refractivity contribution in [2.24, 2.45) is 5.92 Å². The first-order chi connectivity index (χ1) is 7.75. The first-order valence-electron chi connectivity index (χ1n) is 6.05. The SMILES string of the molecule is CN1CCCC(C2CNc3c[nH]c(Br)c32)C1. The summed E-state index contributed by atoms with van der Waals surface area (Å²) in [4.78, 5) is 5.72. The highest BCUT2D eigenvalue weighted by molar-refractivity contribution is 9.10. The maximum Gasteiger partial charge on any atom is 0.0877 e. The molecule has 2 aliphatic rings. The third-order valence-electron chi connectivity index (χ3n) is 3.98. The highest BCUT2D eigenvalue weighted by Gasteiger charge is 2.34. The van der Waals surface area contributed by atoms with Crippen molar-refractivity contribution in [3.8, 4) is 0 Å². The number of H-pyrrole nitrogens is 1. The predicted molar refractivity (Wildman–Crippen MR) is 69.9 cm³/mol. The van der Waals surface area contributed by atoms with Gasteiger partial charge in [-0.1, -0.05) is 0 Å². The normalized spacial score (nSPS) is 30.1. The minimum absolute atomic E-state index is 0.679. The number of hydrogen-bond donors (Lipinski definition) is 2. The second-order valence-corrected chi connectivity index (χ2v) is 5.87. The standard InChI is InChI=1S/C12H18BrN3/c1-16-4-2-3-8(7-16)9-5-14-10-6-15-12(13)11(9)10/h6,8-9,14-15H,2-5,7H2,1H3. The number of nitrogens with zero attached hydrogens (tertiary/aromatic N) is 1. The van der Waals surface area contributed by atoms with E-state index in [2.05, 4.69) is 44.4 Å². The lowest BCUT2D eigenvalue weighted by Gasteiger charge is -2.33. The molecular weight excluding hydrogens is 266 g/mol. The minimum atomic E-state index is 0.679. The lowest BCUT2D eigenvalue weighted by molar-refractivity contribution is 0.191. The third-order valence-corrected chi connectivity index (χ3v) is 4.64. The summed E-state index contributed by atoms with van der Waals surface area (Å²) in [6.45, 7) is 3.61. The highest BCUT2D eigenvalue weighted by Crippen LogP contribution is 2.43. The number of anilines is 1. The second kappa shape index (κ2) is 4.08. The summed E-state index contributed by atoms with van der Waals surface area (Å²) in [7, 11) is 2.24. The zero-order valence-corrected chi connectivity index (χ0v) is 11.2. The lowest BCUT2D eigenvalue weighted by atomic mass is 9.83. The molecule has 2 aliphatic heterocycles. The van der Waals surface area contributed by atoms with Crippen LogP contribution in [0.5, 0.6) is 0 Å². The molecule has 2 atom stereocenters. The van der Waals surface area contributed by atoms with Gasteiger partial charge in [-0.25, -0.2) is 0 Å². The van der Waals surface area contributed by atoms with Crippen LogP contribution in [0, 0.1) is 5.92 Å². The van der Waals surface area contributed by atoms with Gasteiger partial charge in [0.25, 0.3) is 0 Å². The zero-order chi connectivity index (χ0) is 11.1. The predicted octanol–water partition coefficient (Wildman–Crippen LogP) is 2.63. The third kappa shape index (κ3) is 1.68. The second-order valence-electron chi connectivity index (χ2n) is 5.08. The first kappa shape index (κ1) is 10.7. The molecule has 0 aliphatic carbocycles. The van der Waals surface area contributed by atoms with E-state index in [1.807, 2.05) is 0 Å². The summed E-state index contributed by atoms with van der Waals surface area (Å²) >= 11 is 3.63. The van der Waals surface area contributed by atoms with Gasteiger partial charge in [-0.3, -0.25) is 0 Å². The van der Waals surface area contributed by atoms with Gasteiger partial charge in [0.05, 0.1) is 10.3 Å². The fraction of sp³-hybridized carbons (Fsp3) is 0.667. The maximum absolute atomic E-state index is 3.63. The number of aromatic amines is 1. The number of halogens is 1. The van der Waals surface area contributed by atoms with Crippen molar-refractivity contribution in [2.75, 3.05) is 32.0 Å². The van der Waals surface area contributed by atoms with Crippen LogP contribution in [-0.4, -0.2) is 36.6 Å². The van der Waals surface area contributed by atoms with Crippen molar-refractivity contribution in [3.63, 3.8) is 0 Å². The summed E-state index contributed by atoms with van der Waals surface area (Å²) in [5.74, 6) is 1.48. The van der Waals surface area contributed by atoms with Gasteiger partial charge >= 0.3 is 0 Å². The first-order valence-corrected chi connectivity index (χ1v) is 6.84. The molecule has 1 aromatic heterocycles. The molecule has 2 N–H and O–H groups in total. The Morgan fingerprint density at radius 1 is 1.50 bits per heavy atom. The molecule has 0 saturated carbocycles. The Hall–Kier alpha value is -0.480. The van der Waals surface area contributed by atoms with Crippen molar-refractivity contribution in [1.82, 2.24) is 9.88 Å². The Bertz CT molecular complexity index is 388. The van der Waals surface area contributed by atoms with Gasteiger partial charge in [0.2, 0.25) is 0 Å². The molecule has 3 rings (SSSR count). The summed E-state index contributed by atoms with van der Waals surface area (Å²) in [5, 5.41) is 3.50. The summed E-state index contributed by atoms with van der Waals surface area (Å²) in [6.07, 6.45) is 4.79. The van der Waals surface area contributed by atoms with Crippen LogP contribution in [0.25, 0.3) is 0 Å². The molecular formula is C12H18BrN3. The minimum Gasteiger partial charge on any atom is -0.383 e. The Balaban J connectivity index is 1.83. The van der Waals surface area contributed by atoms with Crippen molar-refractivity contribution < 1.29 is 0 Å². The Labute approximate surface area is 105 Å². The van der Waals surface area contributed by atoms with Gasteiger partial charge in [-0.15, -0.1) is 0 Å². The number of rotatable bonds is 1. The quantitative estimate of drug-likeness (QED) is 0.830. The fourth-order valence-corrected chi connectivity index (χ4v) is 3.80. The van der Waals surface area contributed by atoms with E-state index in [1.165, 1.54) is 41.8 Å². The number of fused-ring (bicyclic) bond motifs is 1. The molecule has 0 radical (unpaired) electrons. The van der Waals surface area contributed by atoms with Crippen LogP contribution < -0.4 is 5.32 Å². The molecule has 4 heteroatoms. The molecule has 16 heavy (non-hydrogen) atoms. The zero-order valence-electron chi connectivity index (χ0n) is 9.59. The number of likely N-dealkylation sites (tertiary alicyclic amines) is 1. The molecule has 1 saturated heterocycles. The average Bonchev–Trinajstić information content (AvgIpc) is 2.82. The summed E-state index contributed by atoms with van der Waals surface area (Å²) in [6, 6.07) is 0. The van der Waals surface area contributed by atoms with Crippen LogP contribution in [0.3, 0.4) is 0 Å². The van der Waals surface area contributed by atoms with Gasteiger partial charge < -0.3 is 15.2 Å². The molecule has 0 spiro atoms. The van der Waals surface area contributed by atoms with Gasteiger partial charge in [-0.2, -0.15) is 0 Å². The van der Waals surface area contributed by atoms with Crippen LogP contribution in [0.2, 0.25) is 0 Å². The van der Waals surface area contributed by atoms with Gasteiger partial charge in [-0.05, 0) is 48.3 Å². The van der Waals surface area contributed by atoms with Gasteiger partial charge in [0.15, 0.2) is 0 Å². The lowest BCUT2D eigenvalue weighted by Crippen LogP contribution is -2.35. The number of aromatic nitrogens is 1. The molecule has 1 aromatic rings. The number of nitrogens with one attached hydrogen (secondary N) is 2. The largest absolute Gasteiger partial charge is 0.383 e. The van der Waals surface area contributed by atoms with Crippen molar-refractivity contribution >= 4 is 21.6 Å². The Morgan fingerprint density at radius 2 is 2.38 bits per heavy atom. The van der Waals surface area contributed by atoms with Crippen LogP contribution >= 0.6 is 15.9 Å². The molecule has 0 aromatic carbocycles. The van der Waals surface area contributed by atoms with E-state index in [1.54, 1.807) is 0 Å². The molecule has 1 fully saturated rings. The molecule has 3 heterocycles. The molecule has 3 nitrogen and oxygen atoms in total. The molecule has 0 amide bonds. The average molecular weight is 284 g/mol. The van der Waals surface area contributed by atoms with Crippen molar-refractivity contribution in [1.29, 1.82) is 0 Å². The van der Waals surface area contributed by atoms with Crippen LogP contribution in [0.1, 0.15) is 24.3 Å². The van der Waals surface area contributed by atoms with Crippen LogP contribution in [0.15, 0.2) is 10.8 Å². The van der Waals surface area contributed by atoms with Crippen LogP contribution in [0.4, 0.5) is 5.69 Å². The van der Waals surface area contributed by atoms with Crippen LogP contribution in [-0.2, 0) is 0 Å². The van der Waals surface area contributed by atoms with Crippen molar-refractivity contribution in [2.45, 2.75) is 18.8 Å². The van der Waals surface area contributed by atoms with Crippen molar-refractivity contribution in [3.05, 3.63) is 16.4 Å². The summed E-state index contributed by atoms with van der Waals surface area (Å²) in [5.41, 5.74) is 2.77. The van der Waals surface area contributed by atoms with E-state index in [-0.39, 0.29) is 0 Å². The van der Waals surface area contributed by atoms with E-state index >= 15 is 0 Å². The monoisotopic (exact) mass is 283 g/mol. The molecule has 88 valence electrons. The highest BCUT2D eigenvalue weighted by atomic mass is 79.9. The number of hydrogen-bond acceptors (Lipinski definition) is 2. The Kier molecular flexibility index (Phi) is 2.72. The topological polar surface area (TPSA) is 31.1 Å². The summed E-state index contributed by atoms with van der Waals surface area (Å²) < 4.78 is 1.17. The maximum atomic E-state index is 3.63. The van der Waals surface area contributed by atoms with Gasteiger partial charge in [0.1, 0.15) is 0 Å². The van der Waals surface area contributed by atoms with E-state index in [4.69, 9.17) is 0 Å². The molecule has 2 unspecified atom stereocenters. The van der Waals surface area contributed by atoms with E-state index < -0.39 is 0 Å². The van der Waals surface area contributed by atoms with E-state index in [9.17, 15) is 0 Å².